The highest BCUT2D eigenvalue weighted by molar-refractivity contribution is 6.03. The highest BCUT2D eigenvalue weighted by Crippen LogP contribution is 2.31. The SMILES string of the molecule is C=CCNC(=O)CC(=O)Nc1ccc(Oc2ccnc3[nH]ccc23)c(F)c1. The molecule has 7 nitrogen and oxygen atoms in total. The Morgan fingerprint density at radius 1 is 1.22 bits per heavy atom. The van der Waals surface area contributed by atoms with Crippen LogP contribution in [0.5, 0.6) is 11.5 Å². The van der Waals surface area contributed by atoms with Gasteiger partial charge in [0.25, 0.3) is 0 Å². The van der Waals surface area contributed by atoms with Crippen LogP contribution in [0.3, 0.4) is 0 Å². The first-order valence-electron chi connectivity index (χ1n) is 8.14. The van der Waals surface area contributed by atoms with E-state index < -0.39 is 17.6 Å². The maximum Gasteiger partial charge on any atom is 0.233 e. The number of amides is 2. The summed E-state index contributed by atoms with van der Waals surface area (Å²) in [6, 6.07) is 7.44. The van der Waals surface area contributed by atoms with Gasteiger partial charge >= 0.3 is 0 Å². The second-order valence-electron chi connectivity index (χ2n) is 5.61. The summed E-state index contributed by atoms with van der Waals surface area (Å²) in [6.45, 7) is 3.74. The fourth-order valence-electron chi connectivity index (χ4n) is 2.40. The Labute approximate surface area is 154 Å². The number of aromatic amines is 1. The van der Waals surface area contributed by atoms with Crippen molar-refractivity contribution in [1.82, 2.24) is 15.3 Å². The van der Waals surface area contributed by atoms with Crippen LogP contribution in [0, 0.1) is 5.82 Å². The molecule has 0 atom stereocenters. The third-order valence-corrected chi connectivity index (χ3v) is 3.62. The van der Waals surface area contributed by atoms with Crippen LogP contribution in [0.25, 0.3) is 11.0 Å². The van der Waals surface area contributed by atoms with Gasteiger partial charge in [-0.05, 0) is 24.3 Å². The lowest BCUT2D eigenvalue weighted by molar-refractivity contribution is -0.126. The zero-order valence-corrected chi connectivity index (χ0v) is 14.3. The van der Waals surface area contributed by atoms with Gasteiger partial charge in [0.05, 0.1) is 5.39 Å². The number of nitrogens with one attached hydrogen (secondary N) is 3. The molecule has 0 radical (unpaired) electrons. The number of ether oxygens (including phenoxy) is 1. The number of benzene rings is 1. The van der Waals surface area contributed by atoms with Crippen molar-refractivity contribution in [2.45, 2.75) is 6.42 Å². The molecule has 1 aromatic carbocycles. The lowest BCUT2D eigenvalue weighted by Gasteiger charge is -2.10. The number of fused-ring (bicyclic) bond motifs is 1. The molecule has 0 bridgehead atoms. The molecule has 2 amide bonds. The van der Waals surface area contributed by atoms with Crippen molar-refractivity contribution in [3.63, 3.8) is 0 Å². The standard InChI is InChI=1S/C19H17FN4O3/c1-2-7-21-17(25)11-18(26)24-12-3-4-16(14(20)10-12)27-15-6-9-23-19-13(15)5-8-22-19/h2-6,8-10H,1,7,11H2,(H,21,25)(H,22,23)(H,24,26). The molecule has 0 aliphatic carbocycles. The van der Waals surface area contributed by atoms with E-state index in [1.807, 2.05) is 0 Å². The molecule has 0 unspecified atom stereocenters. The number of rotatable bonds is 7. The lowest BCUT2D eigenvalue weighted by Crippen LogP contribution is -2.28. The first-order chi connectivity index (χ1) is 13.1. The van der Waals surface area contributed by atoms with E-state index in [1.165, 1.54) is 18.2 Å². The summed E-state index contributed by atoms with van der Waals surface area (Å²) in [5, 5.41) is 5.68. The Morgan fingerprint density at radius 2 is 2.07 bits per heavy atom. The molecule has 2 heterocycles. The van der Waals surface area contributed by atoms with Crippen molar-refractivity contribution in [2.75, 3.05) is 11.9 Å². The summed E-state index contributed by atoms with van der Waals surface area (Å²) < 4.78 is 20.0. The van der Waals surface area contributed by atoms with Crippen LogP contribution in [0.4, 0.5) is 10.1 Å². The van der Waals surface area contributed by atoms with Gasteiger partial charge in [0.1, 0.15) is 17.8 Å². The molecule has 138 valence electrons. The predicted molar refractivity (Wildman–Crippen MR) is 99.0 cm³/mol. The van der Waals surface area contributed by atoms with Crippen LogP contribution >= 0.6 is 0 Å². The first-order valence-corrected chi connectivity index (χ1v) is 8.14. The first kappa shape index (κ1) is 18.1. The number of nitrogens with zero attached hydrogens (tertiary/aromatic N) is 1. The minimum atomic E-state index is -0.649. The molecule has 0 saturated carbocycles. The van der Waals surface area contributed by atoms with Crippen LogP contribution in [0.2, 0.25) is 0 Å². The van der Waals surface area contributed by atoms with Crippen molar-refractivity contribution in [2.24, 2.45) is 0 Å². The normalized spacial score (nSPS) is 10.4. The van der Waals surface area contributed by atoms with E-state index >= 15 is 0 Å². The van der Waals surface area contributed by atoms with Crippen molar-refractivity contribution in [3.05, 3.63) is 61.2 Å². The zero-order chi connectivity index (χ0) is 19.2. The molecular formula is C19H17FN4O3. The van der Waals surface area contributed by atoms with Crippen LogP contribution < -0.4 is 15.4 Å². The second kappa shape index (κ2) is 8.13. The largest absolute Gasteiger partial charge is 0.453 e. The summed E-state index contributed by atoms with van der Waals surface area (Å²) in [4.78, 5) is 30.4. The van der Waals surface area contributed by atoms with Crippen molar-refractivity contribution >= 4 is 28.5 Å². The van der Waals surface area contributed by atoms with Crippen molar-refractivity contribution in [1.29, 1.82) is 0 Å². The van der Waals surface area contributed by atoms with Crippen LogP contribution in [-0.2, 0) is 9.59 Å². The molecular weight excluding hydrogens is 351 g/mol. The third kappa shape index (κ3) is 4.49. The topological polar surface area (TPSA) is 96.1 Å². The van der Waals surface area contributed by atoms with Gasteiger partial charge < -0.3 is 20.4 Å². The molecule has 0 spiro atoms. The van der Waals surface area contributed by atoms with Crippen LogP contribution in [-0.4, -0.2) is 28.3 Å². The number of hydrogen-bond acceptors (Lipinski definition) is 4. The quantitative estimate of drug-likeness (QED) is 0.441. The monoisotopic (exact) mass is 368 g/mol. The molecule has 3 rings (SSSR count). The minimum Gasteiger partial charge on any atom is -0.453 e. The van der Waals surface area contributed by atoms with Crippen LogP contribution in [0.1, 0.15) is 6.42 Å². The van der Waals surface area contributed by atoms with Gasteiger partial charge in [0.15, 0.2) is 11.6 Å². The maximum absolute atomic E-state index is 14.4. The summed E-state index contributed by atoms with van der Waals surface area (Å²) >= 11 is 0. The third-order valence-electron chi connectivity index (χ3n) is 3.62. The highest BCUT2D eigenvalue weighted by Gasteiger charge is 2.12. The Hall–Kier alpha value is -3.68. The Morgan fingerprint density at radius 3 is 2.85 bits per heavy atom. The van der Waals surface area contributed by atoms with Gasteiger partial charge in [-0.2, -0.15) is 0 Å². The molecule has 27 heavy (non-hydrogen) atoms. The summed E-state index contributed by atoms with van der Waals surface area (Å²) in [6.07, 6.45) is 4.41. The van der Waals surface area contributed by atoms with Gasteiger partial charge in [0, 0.05) is 30.7 Å². The number of H-pyrrole nitrogens is 1. The van der Waals surface area contributed by atoms with E-state index in [1.54, 1.807) is 24.5 Å². The average molecular weight is 368 g/mol. The molecule has 0 aliphatic rings. The average Bonchev–Trinajstić information content (AvgIpc) is 3.12. The molecule has 3 aromatic rings. The van der Waals surface area contributed by atoms with E-state index in [-0.39, 0.29) is 24.4 Å². The summed E-state index contributed by atoms with van der Waals surface area (Å²) in [5.74, 6) is -1.18. The highest BCUT2D eigenvalue weighted by atomic mass is 19.1. The number of carbonyl (C=O) groups is 2. The Balaban J connectivity index is 1.67. The lowest BCUT2D eigenvalue weighted by atomic mass is 10.2. The van der Waals surface area contributed by atoms with Crippen LogP contribution in [0.15, 0.2) is 55.4 Å². The van der Waals surface area contributed by atoms with Gasteiger partial charge in [0.2, 0.25) is 11.8 Å². The number of pyridine rings is 1. The molecule has 3 N–H and O–H groups in total. The van der Waals surface area contributed by atoms with Gasteiger partial charge in [-0.25, -0.2) is 9.37 Å². The molecule has 8 heteroatoms. The number of hydrogen-bond donors (Lipinski definition) is 3. The Bertz CT molecular complexity index is 1000. The van der Waals surface area contributed by atoms with Crippen molar-refractivity contribution < 1.29 is 18.7 Å². The predicted octanol–water partition coefficient (Wildman–Crippen LogP) is 3.13. The molecule has 2 aromatic heterocycles. The number of anilines is 1. The van der Waals surface area contributed by atoms with E-state index in [0.717, 1.165) is 11.5 Å². The molecule has 0 aliphatic heterocycles. The van der Waals surface area contributed by atoms with E-state index in [4.69, 9.17) is 4.74 Å². The van der Waals surface area contributed by atoms with Gasteiger partial charge in [-0.15, -0.1) is 6.58 Å². The van der Waals surface area contributed by atoms with Crippen molar-refractivity contribution in [3.8, 4) is 11.5 Å². The maximum atomic E-state index is 14.4. The number of halogens is 1. The van der Waals surface area contributed by atoms with Gasteiger partial charge in [-0.1, -0.05) is 6.08 Å². The van der Waals surface area contributed by atoms with E-state index in [9.17, 15) is 14.0 Å². The van der Waals surface area contributed by atoms with E-state index in [2.05, 4.69) is 27.2 Å². The molecule has 0 saturated heterocycles. The van der Waals surface area contributed by atoms with E-state index in [0.29, 0.717) is 11.4 Å². The molecule has 0 fully saturated rings. The minimum absolute atomic E-state index is 0.00502. The number of carbonyl (C=O) groups excluding carboxylic acids is 2. The fourth-order valence-corrected chi connectivity index (χ4v) is 2.40. The second-order valence-corrected chi connectivity index (χ2v) is 5.61. The Kier molecular flexibility index (Phi) is 5.46. The number of aromatic nitrogens is 2. The summed E-state index contributed by atoms with van der Waals surface area (Å²) in [7, 11) is 0. The zero-order valence-electron chi connectivity index (χ0n) is 14.3. The fraction of sp³-hybridized carbons (Fsp3) is 0.105. The summed E-state index contributed by atoms with van der Waals surface area (Å²) in [5.41, 5.74) is 0.856. The smallest absolute Gasteiger partial charge is 0.233 e. The van der Waals surface area contributed by atoms with Gasteiger partial charge in [-0.3, -0.25) is 9.59 Å².